The van der Waals surface area contributed by atoms with E-state index in [1.165, 1.54) is 19.3 Å². The Hall–Kier alpha value is -0.0800. The Kier molecular flexibility index (Phi) is 4.90. The van der Waals surface area contributed by atoms with Gasteiger partial charge in [0.05, 0.1) is 6.61 Å². The molecule has 0 unspecified atom stereocenters. The maximum absolute atomic E-state index is 9.26. The van der Waals surface area contributed by atoms with Gasteiger partial charge < -0.3 is 10.4 Å². The molecule has 2 heteroatoms. The molecule has 2 nitrogen and oxygen atoms in total. The summed E-state index contributed by atoms with van der Waals surface area (Å²) in [7, 11) is 0. The van der Waals surface area contributed by atoms with Crippen LogP contribution in [0.15, 0.2) is 0 Å². The molecular weight excluding hydrogens is 174 g/mol. The highest BCUT2D eigenvalue weighted by atomic mass is 16.3. The molecule has 0 amide bonds. The van der Waals surface area contributed by atoms with Crippen LogP contribution in [0.4, 0.5) is 0 Å². The fraction of sp³-hybridized carbons (Fsp3) is 1.00. The molecule has 84 valence electrons. The third-order valence-electron chi connectivity index (χ3n) is 3.29. The number of hydrogen-bond acceptors (Lipinski definition) is 2. The number of hydrogen-bond donors (Lipinski definition) is 2. The zero-order chi connectivity index (χ0) is 10.6. The first-order valence-electron chi connectivity index (χ1n) is 6.00. The van der Waals surface area contributed by atoms with Crippen molar-refractivity contribution in [2.45, 2.75) is 58.5 Å². The summed E-state index contributed by atoms with van der Waals surface area (Å²) in [6.07, 6.45) is 5.06. The van der Waals surface area contributed by atoms with Crippen LogP contribution in [0.1, 0.15) is 46.5 Å². The van der Waals surface area contributed by atoms with E-state index in [-0.39, 0.29) is 6.61 Å². The molecule has 1 saturated carbocycles. The minimum atomic E-state index is 0.279. The van der Waals surface area contributed by atoms with Gasteiger partial charge in [-0.2, -0.15) is 0 Å². The quantitative estimate of drug-likeness (QED) is 0.711. The van der Waals surface area contributed by atoms with Crippen molar-refractivity contribution in [3.63, 3.8) is 0 Å². The second kappa shape index (κ2) is 5.72. The molecule has 0 aliphatic heterocycles. The summed E-state index contributed by atoms with van der Waals surface area (Å²) in [6, 6.07) is 0.950. The zero-order valence-corrected chi connectivity index (χ0v) is 9.79. The van der Waals surface area contributed by atoms with E-state index in [9.17, 15) is 5.11 Å². The molecule has 0 aromatic heterocycles. The first-order valence-corrected chi connectivity index (χ1v) is 6.00. The van der Waals surface area contributed by atoms with Gasteiger partial charge in [-0.15, -0.1) is 0 Å². The molecule has 1 aliphatic rings. The largest absolute Gasteiger partial charge is 0.395 e. The molecule has 3 atom stereocenters. The van der Waals surface area contributed by atoms with Crippen molar-refractivity contribution >= 4 is 0 Å². The van der Waals surface area contributed by atoms with Crippen molar-refractivity contribution in [1.82, 2.24) is 5.32 Å². The molecule has 0 aromatic carbocycles. The van der Waals surface area contributed by atoms with Crippen LogP contribution in [-0.4, -0.2) is 23.8 Å². The molecule has 0 heterocycles. The number of rotatable bonds is 5. The lowest BCUT2D eigenvalue weighted by molar-refractivity contribution is 0.205. The molecular formula is C12H25NO. The van der Waals surface area contributed by atoms with E-state index >= 15 is 0 Å². The molecule has 0 bridgehead atoms. The highest BCUT2D eigenvalue weighted by Crippen LogP contribution is 2.25. The maximum Gasteiger partial charge on any atom is 0.0584 e. The highest BCUT2D eigenvalue weighted by Gasteiger charge is 2.25. The van der Waals surface area contributed by atoms with Gasteiger partial charge in [-0.1, -0.05) is 27.2 Å². The van der Waals surface area contributed by atoms with E-state index in [2.05, 4.69) is 26.1 Å². The van der Waals surface area contributed by atoms with Crippen LogP contribution >= 0.6 is 0 Å². The van der Waals surface area contributed by atoms with Gasteiger partial charge >= 0.3 is 0 Å². The second-order valence-corrected chi connectivity index (χ2v) is 5.19. The lowest BCUT2D eigenvalue weighted by atomic mass is 10.0. The lowest BCUT2D eigenvalue weighted by Crippen LogP contribution is -2.42. The van der Waals surface area contributed by atoms with Gasteiger partial charge in [-0.25, -0.2) is 0 Å². The Morgan fingerprint density at radius 2 is 2.07 bits per heavy atom. The number of aliphatic hydroxyl groups excluding tert-OH is 1. The summed E-state index contributed by atoms with van der Waals surface area (Å²) >= 11 is 0. The topological polar surface area (TPSA) is 32.3 Å². The van der Waals surface area contributed by atoms with Crippen LogP contribution in [0.2, 0.25) is 0 Å². The molecule has 0 spiro atoms. The molecule has 0 saturated heterocycles. The molecule has 1 aliphatic carbocycles. The molecule has 0 aromatic rings. The number of aliphatic hydroxyl groups is 1. The molecule has 0 radical (unpaired) electrons. The Bertz CT molecular complexity index is 158. The van der Waals surface area contributed by atoms with Gasteiger partial charge in [0.1, 0.15) is 0 Å². The van der Waals surface area contributed by atoms with Crippen molar-refractivity contribution in [1.29, 1.82) is 0 Å². The van der Waals surface area contributed by atoms with Crippen LogP contribution in [0.5, 0.6) is 0 Å². The summed E-state index contributed by atoms with van der Waals surface area (Å²) in [4.78, 5) is 0. The van der Waals surface area contributed by atoms with Gasteiger partial charge in [-0.3, -0.25) is 0 Å². The zero-order valence-electron chi connectivity index (χ0n) is 9.79. The van der Waals surface area contributed by atoms with E-state index in [1.807, 2.05) is 0 Å². The Labute approximate surface area is 88.1 Å². The highest BCUT2D eigenvalue weighted by molar-refractivity contribution is 4.83. The number of nitrogens with one attached hydrogen (secondary N) is 1. The van der Waals surface area contributed by atoms with E-state index in [0.717, 1.165) is 12.3 Å². The summed E-state index contributed by atoms with van der Waals surface area (Å²) < 4.78 is 0. The fourth-order valence-electron chi connectivity index (χ4n) is 2.46. The molecule has 1 fully saturated rings. The van der Waals surface area contributed by atoms with Crippen molar-refractivity contribution in [2.75, 3.05) is 6.61 Å². The first kappa shape index (κ1) is 12.0. The average Bonchev–Trinajstić information content (AvgIpc) is 2.50. The van der Waals surface area contributed by atoms with Crippen molar-refractivity contribution in [3.8, 4) is 0 Å². The van der Waals surface area contributed by atoms with Gasteiger partial charge in [0.25, 0.3) is 0 Å². The monoisotopic (exact) mass is 199 g/mol. The maximum atomic E-state index is 9.26. The van der Waals surface area contributed by atoms with Crippen molar-refractivity contribution in [2.24, 2.45) is 11.8 Å². The summed E-state index contributed by atoms with van der Waals surface area (Å²) in [6.45, 7) is 7.01. The second-order valence-electron chi connectivity index (χ2n) is 5.19. The van der Waals surface area contributed by atoms with Crippen LogP contribution in [0, 0.1) is 11.8 Å². The van der Waals surface area contributed by atoms with Crippen LogP contribution in [-0.2, 0) is 0 Å². The first-order chi connectivity index (χ1) is 6.63. The average molecular weight is 199 g/mol. The Morgan fingerprint density at radius 1 is 1.36 bits per heavy atom. The van der Waals surface area contributed by atoms with Crippen LogP contribution in [0.25, 0.3) is 0 Å². The normalized spacial score (nSPS) is 29.8. The molecule has 14 heavy (non-hydrogen) atoms. The predicted octanol–water partition coefficient (Wildman–Crippen LogP) is 2.17. The minimum Gasteiger partial charge on any atom is -0.395 e. The van der Waals surface area contributed by atoms with Crippen molar-refractivity contribution in [3.05, 3.63) is 0 Å². The molecule has 2 N–H and O–H groups in total. The van der Waals surface area contributed by atoms with Gasteiger partial charge in [-0.05, 0) is 31.1 Å². The standard InChI is InChI=1S/C12H25NO/c1-9(2)7-11(8-14)13-12-6-4-5-10(12)3/h9-14H,4-8H2,1-3H3/t10-,11-,12+/m1/s1. The third-order valence-corrected chi connectivity index (χ3v) is 3.29. The Morgan fingerprint density at radius 3 is 2.50 bits per heavy atom. The summed E-state index contributed by atoms with van der Waals surface area (Å²) in [5.41, 5.74) is 0. The van der Waals surface area contributed by atoms with Crippen LogP contribution < -0.4 is 5.32 Å². The van der Waals surface area contributed by atoms with E-state index in [0.29, 0.717) is 18.0 Å². The minimum absolute atomic E-state index is 0.279. The fourth-order valence-corrected chi connectivity index (χ4v) is 2.46. The van der Waals surface area contributed by atoms with Gasteiger partial charge in [0.2, 0.25) is 0 Å². The van der Waals surface area contributed by atoms with E-state index < -0.39 is 0 Å². The predicted molar refractivity (Wildman–Crippen MR) is 60.3 cm³/mol. The summed E-state index contributed by atoms with van der Waals surface area (Å²) in [5.74, 6) is 1.45. The van der Waals surface area contributed by atoms with E-state index in [4.69, 9.17) is 0 Å². The van der Waals surface area contributed by atoms with Crippen LogP contribution in [0.3, 0.4) is 0 Å². The summed E-state index contributed by atoms with van der Waals surface area (Å²) in [5, 5.41) is 12.9. The lowest BCUT2D eigenvalue weighted by Gasteiger charge is -2.25. The third kappa shape index (κ3) is 3.58. The van der Waals surface area contributed by atoms with Gasteiger partial charge in [0.15, 0.2) is 0 Å². The van der Waals surface area contributed by atoms with Crippen molar-refractivity contribution < 1.29 is 5.11 Å². The SMILES string of the molecule is CC(C)C[C@H](CO)N[C@H]1CCC[C@H]1C. The molecule has 1 rings (SSSR count). The smallest absolute Gasteiger partial charge is 0.0584 e. The van der Waals surface area contributed by atoms with E-state index in [1.54, 1.807) is 0 Å². The Balaban J connectivity index is 2.31. The van der Waals surface area contributed by atoms with Gasteiger partial charge in [0, 0.05) is 12.1 Å².